The van der Waals surface area contributed by atoms with E-state index in [-0.39, 0.29) is 12.5 Å². The number of amides is 3. The van der Waals surface area contributed by atoms with Crippen LogP contribution in [0.25, 0.3) is 0 Å². The zero-order valence-corrected chi connectivity index (χ0v) is 13.4. The Labute approximate surface area is 138 Å². The molecule has 0 saturated carbocycles. The number of aliphatic carboxylic acids is 1. The lowest BCUT2D eigenvalue weighted by atomic mass is 9.77. The Bertz CT molecular complexity index is 675. The predicted octanol–water partition coefficient (Wildman–Crippen LogP) is 0.554. The summed E-state index contributed by atoms with van der Waals surface area (Å²) in [6, 6.07) is 6.47. The van der Waals surface area contributed by atoms with Gasteiger partial charge in [0.1, 0.15) is 5.75 Å². The first-order valence-corrected chi connectivity index (χ1v) is 7.63. The highest BCUT2D eigenvalue weighted by atomic mass is 16.5. The van der Waals surface area contributed by atoms with Gasteiger partial charge in [-0.05, 0) is 24.1 Å². The smallest absolute Gasteiger partial charge is 0.325 e. The third kappa shape index (κ3) is 2.69. The molecule has 0 aliphatic carbocycles. The molecule has 1 aromatic rings. The van der Waals surface area contributed by atoms with Crippen molar-refractivity contribution in [3.8, 4) is 5.75 Å². The third-order valence-corrected chi connectivity index (χ3v) is 4.74. The number of nitrogens with zero attached hydrogens (tertiary/aromatic N) is 1. The van der Waals surface area contributed by atoms with Gasteiger partial charge in [0, 0.05) is 13.1 Å². The molecular weight excluding hydrogens is 314 g/mol. The highest BCUT2D eigenvalue weighted by Crippen LogP contribution is 2.37. The van der Waals surface area contributed by atoms with E-state index >= 15 is 0 Å². The fourth-order valence-electron chi connectivity index (χ4n) is 3.40. The zero-order valence-electron chi connectivity index (χ0n) is 13.4. The normalized spacial score (nSPS) is 29.7. The van der Waals surface area contributed by atoms with Gasteiger partial charge in [0.05, 0.1) is 25.1 Å². The number of piperidine rings is 1. The molecule has 3 N–H and O–H groups in total. The molecule has 1 aromatic carbocycles. The summed E-state index contributed by atoms with van der Waals surface area (Å²) in [6.45, 7) is 0. The van der Waals surface area contributed by atoms with E-state index in [1.807, 2.05) is 12.1 Å². The minimum Gasteiger partial charge on any atom is -0.497 e. The Morgan fingerprint density at radius 2 is 1.96 bits per heavy atom. The average molecular weight is 333 g/mol. The van der Waals surface area contributed by atoms with Crippen LogP contribution in [0.1, 0.15) is 18.0 Å². The number of carboxylic acid groups (broad SMARTS) is 1. The SMILES string of the molecule is COc1ccc(C2CC(C(=O)O)C3C(=O)NC(=O)N(C)C3N2)cc1. The number of urea groups is 1. The van der Waals surface area contributed by atoms with Crippen molar-refractivity contribution in [3.63, 3.8) is 0 Å². The number of imide groups is 1. The number of hydrogen-bond acceptors (Lipinski definition) is 5. The van der Waals surface area contributed by atoms with E-state index < -0.39 is 35.9 Å². The Morgan fingerprint density at radius 1 is 1.29 bits per heavy atom. The Hall–Kier alpha value is -2.61. The van der Waals surface area contributed by atoms with Crippen LogP contribution in [0.4, 0.5) is 4.79 Å². The van der Waals surface area contributed by atoms with Gasteiger partial charge in [0.2, 0.25) is 5.91 Å². The van der Waals surface area contributed by atoms with Gasteiger partial charge >= 0.3 is 12.0 Å². The van der Waals surface area contributed by atoms with Gasteiger partial charge in [-0.1, -0.05) is 12.1 Å². The maximum Gasteiger partial charge on any atom is 0.325 e. The summed E-state index contributed by atoms with van der Waals surface area (Å²) < 4.78 is 5.13. The number of nitrogens with one attached hydrogen (secondary N) is 2. The first-order chi connectivity index (χ1) is 11.4. The van der Waals surface area contributed by atoms with Gasteiger partial charge in [-0.25, -0.2) is 4.79 Å². The number of fused-ring (bicyclic) bond motifs is 1. The fraction of sp³-hybridized carbons (Fsp3) is 0.438. The summed E-state index contributed by atoms with van der Waals surface area (Å²) in [5, 5.41) is 15.0. The van der Waals surface area contributed by atoms with Crippen LogP contribution in [0.5, 0.6) is 5.75 Å². The maximum absolute atomic E-state index is 12.1. The van der Waals surface area contributed by atoms with Crippen LogP contribution in [0.2, 0.25) is 0 Å². The van der Waals surface area contributed by atoms with E-state index in [1.165, 1.54) is 4.90 Å². The summed E-state index contributed by atoms with van der Waals surface area (Å²) >= 11 is 0. The number of methoxy groups -OCH3 is 1. The summed E-state index contributed by atoms with van der Waals surface area (Å²) in [4.78, 5) is 37.0. The van der Waals surface area contributed by atoms with Crippen molar-refractivity contribution in [1.82, 2.24) is 15.5 Å². The van der Waals surface area contributed by atoms with E-state index in [0.717, 1.165) is 5.56 Å². The Morgan fingerprint density at radius 3 is 2.54 bits per heavy atom. The summed E-state index contributed by atoms with van der Waals surface area (Å²) in [7, 11) is 3.11. The van der Waals surface area contributed by atoms with Crippen LogP contribution in [0, 0.1) is 11.8 Å². The number of carboxylic acids is 1. The number of benzene rings is 1. The molecule has 3 amide bonds. The second-order valence-corrected chi connectivity index (χ2v) is 6.05. The van der Waals surface area contributed by atoms with Gasteiger partial charge < -0.3 is 14.7 Å². The van der Waals surface area contributed by atoms with Crippen LogP contribution >= 0.6 is 0 Å². The van der Waals surface area contributed by atoms with E-state index in [0.29, 0.717) is 5.75 Å². The minimum atomic E-state index is -1.04. The van der Waals surface area contributed by atoms with E-state index in [4.69, 9.17) is 4.74 Å². The minimum absolute atomic E-state index is 0.262. The molecule has 2 heterocycles. The number of rotatable bonds is 3. The zero-order chi connectivity index (χ0) is 17.4. The predicted molar refractivity (Wildman–Crippen MR) is 83.2 cm³/mol. The molecule has 0 spiro atoms. The van der Waals surface area contributed by atoms with Crippen molar-refractivity contribution >= 4 is 17.9 Å². The van der Waals surface area contributed by atoms with Crippen molar-refractivity contribution in [3.05, 3.63) is 29.8 Å². The molecule has 2 aliphatic heterocycles. The lowest BCUT2D eigenvalue weighted by molar-refractivity contribution is -0.153. The standard InChI is InChI=1S/C16H19N3O5/c1-19-13-12(14(20)18-16(19)23)10(15(21)22)7-11(17-13)8-3-5-9(24-2)6-4-8/h3-6,10-13,17H,7H2,1-2H3,(H,21,22)(H,18,20,23). The molecule has 2 saturated heterocycles. The van der Waals surface area contributed by atoms with Crippen LogP contribution in [0.15, 0.2) is 24.3 Å². The average Bonchev–Trinajstić information content (AvgIpc) is 2.58. The number of ether oxygens (including phenoxy) is 1. The molecule has 2 aliphatic rings. The van der Waals surface area contributed by atoms with Crippen LogP contribution in [-0.2, 0) is 9.59 Å². The quantitative estimate of drug-likeness (QED) is 0.746. The van der Waals surface area contributed by atoms with Crippen molar-refractivity contribution in [2.24, 2.45) is 11.8 Å². The summed E-state index contributed by atoms with van der Waals surface area (Å²) in [5.41, 5.74) is 0.882. The molecule has 128 valence electrons. The van der Waals surface area contributed by atoms with Crippen molar-refractivity contribution in [2.45, 2.75) is 18.6 Å². The van der Waals surface area contributed by atoms with Crippen molar-refractivity contribution in [2.75, 3.05) is 14.2 Å². The lowest BCUT2D eigenvalue weighted by Gasteiger charge is -2.46. The van der Waals surface area contributed by atoms with Crippen LogP contribution in [-0.4, -0.2) is 48.2 Å². The molecule has 8 nitrogen and oxygen atoms in total. The van der Waals surface area contributed by atoms with E-state index in [9.17, 15) is 19.5 Å². The van der Waals surface area contributed by atoms with Crippen LogP contribution < -0.4 is 15.4 Å². The maximum atomic E-state index is 12.1. The first kappa shape index (κ1) is 16.3. The second-order valence-electron chi connectivity index (χ2n) is 6.05. The lowest BCUT2D eigenvalue weighted by Crippen LogP contribution is -2.68. The first-order valence-electron chi connectivity index (χ1n) is 7.63. The summed E-state index contributed by atoms with van der Waals surface area (Å²) in [5.74, 6) is -2.58. The van der Waals surface area contributed by atoms with Crippen molar-refractivity contribution in [1.29, 1.82) is 0 Å². The van der Waals surface area contributed by atoms with E-state index in [1.54, 1.807) is 26.3 Å². The highest BCUT2D eigenvalue weighted by Gasteiger charge is 2.51. The van der Waals surface area contributed by atoms with Crippen LogP contribution in [0.3, 0.4) is 0 Å². The molecule has 0 bridgehead atoms. The highest BCUT2D eigenvalue weighted by molar-refractivity contribution is 6.00. The molecule has 24 heavy (non-hydrogen) atoms. The van der Waals surface area contributed by atoms with Gasteiger partial charge in [-0.3, -0.25) is 20.2 Å². The molecule has 0 radical (unpaired) electrons. The van der Waals surface area contributed by atoms with Gasteiger partial charge in [0.25, 0.3) is 0 Å². The number of carbonyl (C=O) groups excluding carboxylic acids is 2. The molecule has 4 atom stereocenters. The summed E-state index contributed by atoms with van der Waals surface area (Å²) in [6.07, 6.45) is -0.397. The largest absolute Gasteiger partial charge is 0.497 e. The molecule has 0 aromatic heterocycles. The van der Waals surface area contributed by atoms with Gasteiger partial charge in [-0.2, -0.15) is 0 Å². The van der Waals surface area contributed by atoms with Gasteiger partial charge in [0.15, 0.2) is 0 Å². The molecule has 4 unspecified atom stereocenters. The molecule has 2 fully saturated rings. The second kappa shape index (κ2) is 6.12. The fourth-order valence-corrected chi connectivity index (χ4v) is 3.40. The van der Waals surface area contributed by atoms with Gasteiger partial charge in [-0.15, -0.1) is 0 Å². The van der Waals surface area contributed by atoms with Crippen molar-refractivity contribution < 1.29 is 24.2 Å². The monoisotopic (exact) mass is 333 g/mol. The van der Waals surface area contributed by atoms with E-state index in [2.05, 4.69) is 10.6 Å². The number of hydrogen-bond donors (Lipinski definition) is 3. The third-order valence-electron chi connectivity index (χ3n) is 4.74. The Kier molecular flexibility index (Phi) is 4.15. The number of carbonyl (C=O) groups is 3. The topological polar surface area (TPSA) is 108 Å². The molecule has 3 rings (SSSR count). The molecule has 8 heteroatoms. The Balaban J connectivity index is 1.92. The molecular formula is C16H19N3O5.